The van der Waals surface area contributed by atoms with Crippen LogP contribution in [0.3, 0.4) is 0 Å². The Labute approximate surface area is 184 Å². The lowest BCUT2D eigenvalue weighted by Gasteiger charge is -2.25. The summed E-state index contributed by atoms with van der Waals surface area (Å²) in [5.74, 6) is -0.449. The fraction of sp³-hybridized carbons (Fsp3) is 0.167. The minimum Gasteiger partial charge on any atom is -0.507 e. The zero-order chi connectivity index (χ0) is 22.3. The highest BCUT2D eigenvalue weighted by Gasteiger charge is 2.48. The van der Waals surface area contributed by atoms with Gasteiger partial charge in [-0.25, -0.2) is 0 Å². The Kier molecular flexibility index (Phi) is 5.33. The molecule has 1 atom stereocenters. The lowest BCUT2D eigenvalue weighted by molar-refractivity contribution is -0.132. The van der Waals surface area contributed by atoms with Gasteiger partial charge in [-0.2, -0.15) is 0 Å². The number of benzene rings is 2. The standard InChI is InChI=1S/C24H20ClNO5/c1-13-6-4-5-7-17(13)26-21(19-10-8-14(2)31-19)20(23(28)24(26)29)22(27)15-9-11-18(30-3)16(25)12-15/h4-12,21,27H,1-3H3/b22-20-. The molecule has 1 saturated heterocycles. The largest absolute Gasteiger partial charge is 0.507 e. The Morgan fingerprint density at radius 3 is 2.45 bits per heavy atom. The number of halogens is 1. The van der Waals surface area contributed by atoms with Crippen LogP contribution < -0.4 is 9.64 Å². The van der Waals surface area contributed by atoms with E-state index in [0.29, 0.717) is 28.5 Å². The van der Waals surface area contributed by atoms with Crippen LogP contribution in [0.4, 0.5) is 5.69 Å². The van der Waals surface area contributed by atoms with Gasteiger partial charge in [0.2, 0.25) is 0 Å². The summed E-state index contributed by atoms with van der Waals surface area (Å²) in [6.07, 6.45) is 0. The molecule has 1 aliphatic rings. The summed E-state index contributed by atoms with van der Waals surface area (Å²) in [6.45, 7) is 3.62. The van der Waals surface area contributed by atoms with E-state index in [9.17, 15) is 14.7 Å². The van der Waals surface area contributed by atoms with Crippen molar-refractivity contribution in [1.29, 1.82) is 0 Å². The van der Waals surface area contributed by atoms with E-state index in [-0.39, 0.29) is 16.4 Å². The first kappa shape index (κ1) is 20.8. The summed E-state index contributed by atoms with van der Waals surface area (Å²) < 4.78 is 10.9. The average Bonchev–Trinajstić information content (AvgIpc) is 3.29. The number of para-hydroxylation sites is 1. The summed E-state index contributed by atoms with van der Waals surface area (Å²) >= 11 is 6.21. The smallest absolute Gasteiger partial charge is 0.300 e. The van der Waals surface area contributed by atoms with Crippen LogP contribution in [-0.2, 0) is 9.59 Å². The highest BCUT2D eigenvalue weighted by atomic mass is 35.5. The van der Waals surface area contributed by atoms with Crippen LogP contribution in [0.25, 0.3) is 5.76 Å². The number of carbonyl (C=O) groups excluding carboxylic acids is 2. The average molecular weight is 438 g/mol. The third-order valence-electron chi connectivity index (χ3n) is 5.28. The van der Waals surface area contributed by atoms with E-state index in [4.69, 9.17) is 20.8 Å². The van der Waals surface area contributed by atoms with Gasteiger partial charge in [-0.05, 0) is 55.8 Å². The summed E-state index contributed by atoms with van der Waals surface area (Å²) in [6, 6.07) is 14.4. The zero-order valence-corrected chi connectivity index (χ0v) is 17.9. The lowest BCUT2D eigenvalue weighted by Crippen LogP contribution is -2.29. The molecule has 1 aromatic heterocycles. The van der Waals surface area contributed by atoms with Gasteiger partial charge in [0.25, 0.3) is 11.7 Å². The van der Waals surface area contributed by atoms with E-state index in [1.165, 1.54) is 18.1 Å². The van der Waals surface area contributed by atoms with Gasteiger partial charge < -0.3 is 14.3 Å². The molecule has 0 saturated carbocycles. The van der Waals surface area contributed by atoms with Gasteiger partial charge >= 0.3 is 0 Å². The van der Waals surface area contributed by atoms with Crippen LogP contribution in [0.15, 0.2) is 64.6 Å². The molecule has 1 unspecified atom stereocenters. The third-order valence-corrected chi connectivity index (χ3v) is 5.57. The first-order valence-corrected chi connectivity index (χ1v) is 9.98. The summed E-state index contributed by atoms with van der Waals surface area (Å²) in [5.41, 5.74) is 1.60. The fourth-order valence-corrected chi connectivity index (χ4v) is 4.01. The van der Waals surface area contributed by atoms with E-state index in [1.807, 2.05) is 19.1 Å². The van der Waals surface area contributed by atoms with Crippen molar-refractivity contribution in [1.82, 2.24) is 0 Å². The Bertz CT molecular complexity index is 1230. The molecule has 0 aliphatic carbocycles. The van der Waals surface area contributed by atoms with Crippen LogP contribution in [0, 0.1) is 13.8 Å². The number of aliphatic hydroxyl groups is 1. The van der Waals surface area contributed by atoms with Crippen LogP contribution >= 0.6 is 11.6 Å². The predicted molar refractivity (Wildman–Crippen MR) is 117 cm³/mol. The number of nitrogens with zero attached hydrogens (tertiary/aromatic N) is 1. The SMILES string of the molecule is COc1ccc(/C(O)=C2/C(=O)C(=O)N(c3ccccc3C)C2c2ccc(C)o2)cc1Cl. The molecule has 0 spiro atoms. The number of aliphatic hydroxyl groups excluding tert-OH is 1. The number of carbonyl (C=O) groups is 2. The summed E-state index contributed by atoms with van der Waals surface area (Å²) in [5, 5.41) is 11.4. The Morgan fingerprint density at radius 1 is 1.10 bits per heavy atom. The number of Topliss-reactive ketones (excluding diaryl/α,β-unsaturated/α-hetero) is 1. The molecule has 3 aromatic rings. The molecule has 1 fully saturated rings. The molecule has 158 valence electrons. The minimum absolute atomic E-state index is 0.0659. The maximum absolute atomic E-state index is 13.1. The molecule has 31 heavy (non-hydrogen) atoms. The van der Waals surface area contributed by atoms with Gasteiger partial charge in [0.15, 0.2) is 0 Å². The maximum atomic E-state index is 13.1. The predicted octanol–water partition coefficient (Wildman–Crippen LogP) is 5.18. The molecule has 0 bridgehead atoms. The van der Waals surface area contributed by atoms with Crippen molar-refractivity contribution in [2.75, 3.05) is 12.0 Å². The van der Waals surface area contributed by atoms with E-state index in [0.717, 1.165) is 5.56 Å². The summed E-state index contributed by atoms with van der Waals surface area (Å²) in [7, 11) is 1.48. The van der Waals surface area contributed by atoms with E-state index in [2.05, 4.69) is 0 Å². The molecule has 7 heteroatoms. The molecule has 1 N–H and O–H groups in total. The number of ketones is 1. The zero-order valence-electron chi connectivity index (χ0n) is 17.2. The van der Waals surface area contributed by atoms with Gasteiger partial charge in [-0.3, -0.25) is 14.5 Å². The van der Waals surface area contributed by atoms with E-state index in [1.54, 1.807) is 43.3 Å². The van der Waals surface area contributed by atoms with Crippen molar-refractivity contribution in [2.45, 2.75) is 19.9 Å². The van der Waals surface area contributed by atoms with Gasteiger partial charge in [0.1, 0.15) is 29.1 Å². The van der Waals surface area contributed by atoms with Crippen molar-refractivity contribution in [3.8, 4) is 5.75 Å². The lowest BCUT2D eigenvalue weighted by atomic mass is 9.99. The number of hydrogen-bond acceptors (Lipinski definition) is 5. The Balaban J connectivity index is 1.95. The van der Waals surface area contributed by atoms with Crippen LogP contribution in [0.2, 0.25) is 5.02 Å². The summed E-state index contributed by atoms with van der Waals surface area (Å²) in [4.78, 5) is 27.6. The van der Waals surface area contributed by atoms with Crippen molar-refractivity contribution in [2.24, 2.45) is 0 Å². The number of methoxy groups -OCH3 is 1. The second kappa shape index (κ2) is 7.96. The quantitative estimate of drug-likeness (QED) is 0.345. The van der Waals surface area contributed by atoms with Crippen molar-refractivity contribution in [3.63, 3.8) is 0 Å². The molecule has 1 aliphatic heterocycles. The van der Waals surface area contributed by atoms with Gasteiger partial charge in [-0.15, -0.1) is 0 Å². The Morgan fingerprint density at radius 2 is 1.84 bits per heavy atom. The number of hydrogen-bond donors (Lipinski definition) is 1. The first-order chi connectivity index (χ1) is 14.8. The van der Waals surface area contributed by atoms with Crippen LogP contribution in [0.1, 0.15) is 28.7 Å². The Hall–Kier alpha value is -3.51. The van der Waals surface area contributed by atoms with Crippen molar-refractivity contribution >= 4 is 34.7 Å². The minimum atomic E-state index is -0.921. The molecular formula is C24H20ClNO5. The number of furan rings is 1. The van der Waals surface area contributed by atoms with E-state index < -0.39 is 17.7 Å². The normalized spacial score (nSPS) is 17.9. The van der Waals surface area contributed by atoms with Gasteiger partial charge in [0, 0.05) is 11.3 Å². The number of anilines is 1. The first-order valence-electron chi connectivity index (χ1n) is 9.60. The highest BCUT2D eigenvalue weighted by molar-refractivity contribution is 6.51. The van der Waals surface area contributed by atoms with Crippen molar-refractivity contribution < 1.29 is 23.8 Å². The molecule has 1 amide bonds. The number of rotatable bonds is 4. The number of aryl methyl sites for hydroxylation is 2. The van der Waals surface area contributed by atoms with Crippen LogP contribution in [0.5, 0.6) is 5.75 Å². The second-order valence-electron chi connectivity index (χ2n) is 7.25. The fourth-order valence-electron chi connectivity index (χ4n) is 3.75. The second-order valence-corrected chi connectivity index (χ2v) is 7.66. The van der Waals surface area contributed by atoms with Gasteiger partial charge in [-0.1, -0.05) is 29.8 Å². The highest BCUT2D eigenvalue weighted by Crippen LogP contribution is 2.43. The molecule has 0 radical (unpaired) electrons. The molecular weight excluding hydrogens is 418 g/mol. The third kappa shape index (κ3) is 3.49. The molecule has 2 heterocycles. The topological polar surface area (TPSA) is 80.0 Å². The molecule has 2 aromatic carbocycles. The van der Waals surface area contributed by atoms with Crippen molar-refractivity contribution in [3.05, 3.63) is 87.8 Å². The maximum Gasteiger partial charge on any atom is 0.300 e. The molecule has 6 nitrogen and oxygen atoms in total. The number of ether oxygens (including phenoxy) is 1. The monoisotopic (exact) mass is 437 g/mol. The van der Waals surface area contributed by atoms with Gasteiger partial charge in [0.05, 0.1) is 17.7 Å². The number of amides is 1. The van der Waals surface area contributed by atoms with Crippen LogP contribution in [-0.4, -0.2) is 23.9 Å². The van der Waals surface area contributed by atoms with E-state index >= 15 is 0 Å². The molecule has 4 rings (SSSR count).